The average molecular weight is 347 g/mol. The highest BCUT2D eigenvalue weighted by atomic mass is 16.2. The number of aryl methyl sites for hydroxylation is 2. The summed E-state index contributed by atoms with van der Waals surface area (Å²) in [6.45, 7) is 5.79. The van der Waals surface area contributed by atoms with Gasteiger partial charge in [0.2, 0.25) is 5.91 Å². The third-order valence-corrected chi connectivity index (χ3v) is 4.02. The molecular weight excluding hydrogens is 326 g/mol. The Bertz CT molecular complexity index is 914. The summed E-state index contributed by atoms with van der Waals surface area (Å²) in [7, 11) is 0. The molecule has 0 aliphatic rings. The molecule has 1 amide bonds. The van der Waals surface area contributed by atoms with Crippen LogP contribution >= 0.6 is 0 Å². The molecule has 3 rings (SSSR count). The maximum Gasteiger partial charge on any atom is 0.249 e. The molecule has 6 heteroatoms. The number of benzene rings is 2. The fourth-order valence-electron chi connectivity index (χ4n) is 2.42. The van der Waals surface area contributed by atoms with E-state index in [0.29, 0.717) is 11.4 Å². The molecule has 6 nitrogen and oxygen atoms in total. The number of amides is 1. The van der Waals surface area contributed by atoms with Crippen LogP contribution in [-0.2, 0) is 4.79 Å². The van der Waals surface area contributed by atoms with Crippen molar-refractivity contribution in [3.8, 4) is 0 Å². The van der Waals surface area contributed by atoms with Crippen molar-refractivity contribution in [3.05, 3.63) is 72.1 Å². The largest absolute Gasteiger partial charge is 0.322 e. The minimum absolute atomic E-state index is 0.163. The number of carbonyl (C=O) groups is 1. The van der Waals surface area contributed by atoms with Crippen molar-refractivity contribution in [2.45, 2.75) is 26.8 Å². The topological polar surface area (TPSA) is 71.6 Å². The van der Waals surface area contributed by atoms with E-state index in [4.69, 9.17) is 0 Å². The monoisotopic (exact) mass is 347 g/mol. The Kier molecular flexibility index (Phi) is 5.22. The second-order valence-corrected chi connectivity index (χ2v) is 6.21. The van der Waals surface area contributed by atoms with Gasteiger partial charge in [0.25, 0.3) is 0 Å². The van der Waals surface area contributed by atoms with Crippen LogP contribution in [0.5, 0.6) is 0 Å². The molecule has 0 saturated carbocycles. The van der Waals surface area contributed by atoms with E-state index in [1.807, 2.05) is 56.3 Å². The van der Waals surface area contributed by atoms with Gasteiger partial charge in [-0.05, 0) is 56.7 Å². The van der Waals surface area contributed by atoms with E-state index in [2.05, 4.69) is 20.6 Å². The Morgan fingerprint density at radius 2 is 1.81 bits per heavy atom. The van der Waals surface area contributed by atoms with Crippen molar-refractivity contribution >= 4 is 23.0 Å². The van der Waals surface area contributed by atoms with E-state index in [-0.39, 0.29) is 5.91 Å². The molecule has 2 aromatic carbocycles. The quantitative estimate of drug-likeness (QED) is 0.651. The van der Waals surface area contributed by atoms with Gasteiger partial charge in [-0.1, -0.05) is 23.8 Å². The zero-order valence-electron chi connectivity index (χ0n) is 15.0. The molecule has 1 atom stereocenters. The maximum atomic E-state index is 12.5. The summed E-state index contributed by atoms with van der Waals surface area (Å²) in [6, 6.07) is 14.8. The Labute approximate surface area is 152 Å². The number of carbonyl (C=O) groups excluding carboxylic acids is 1. The summed E-state index contributed by atoms with van der Waals surface area (Å²) in [5.74, 6) is -0.163. The molecule has 132 valence electrons. The van der Waals surface area contributed by atoms with Gasteiger partial charge in [0, 0.05) is 12.4 Å². The Morgan fingerprint density at radius 1 is 1.08 bits per heavy atom. The van der Waals surface area contributed by atoms with Gasteiger partial charge in [-0.25, -0.2) is 0 Å². The first-order valence-electron chi connectivity index (χ1n) is 8.42. The zero-order valence-corrected chi connectivity index (χ0v) is 15.0. The van der Waals surface area contributed by atoms with E-state index in [9.17, 15) is 4.79 Å². The molecule has 1 aromatic heterocycles. The van der Waals surface area contributed by atoms with Gasteiger partial charge in [0.1, 0.15) is 11.7 Å². The van der Waals surface area contributed by atoms with Gasteiger partial charge in [-0.3, -0.25) is 9.48 Å². The smallest absolute Gasteiger partial charge is 0.249 e. The standard InChI is InChI=1S/C20H21N5O/c1-14-5-8-17(9-6-14)23-24-19-13-15(2)7-10-18(19)22-20(26)16(3)25-12-4-11-21-25/h4-13,16H,1-3H3,(H,22,26)/t16-/m1/s1. The fraction of sp³-hybridized carbons (Fsp3) is 0.200. The highest BCUT2D eigenvalue weighted by Gasteiger charge is 2.16. The summed E-state index contributed by atoms with van der Waals surface area (Å²) < 4.78 is 1.61. The van der Waals surface area contributed by atoms with Crippen LogP contribution in [0.3, 0.4) is 0 Å². The van der Waals surface area contributed by atoms with Crippen LogP contribution in [0.15, 0.2) is 71.2 Å². The lowest BCUT2D eigenvalue weighted by atomic mass is 10.2. The first-order valence-corrected chi connectivity index (χ1v) is 8.42. The van der Waals surface area contributed by atoms with Crippen LogP contribution in [0.1, 0.15) is 24.1 Å². The SMILES string of the molecule is Cc1ccc(N=Nc2cc(C)ccc2NC(=O)[C@@H](C)n2cccn2)cc1. The predicted molar refractivity (Wildman–Crippen MR) is 102 cm³/mol. The summed E-state index contributed by atoms with van der Waals surface area (Å²) in [5.41, 5.74) is 4.21. The maximum absolute atomic E-state index is 12.5. The van der Waals surface area contributed by atoms with E-state index < -0.39 is 6.04 Å². The lowest BCUT2D eigenvalue weighted by molar-refractivity contribution is -0.119. The molecule has 0 spiro atoms. The van der Waals surface area contributed by atoms with Crippen LogP contribution in [0.4, 0.5) is 17.1 Å². The highest BCUT2D eigenvalue weighted by Crippen LogP contribution is 2.29. The average Bonchev–Trinajstić information content (AvgIpc) is 3.17. The molecule has 3 aromatic rings. The van der Waals surface area contributed by atoms with E-state index in [1.54, 1.807) is 30.1 Å². The van der Waals surface area contributed by atoms with Gasteiger partial charge < -0.3 is 5.32 Å². The second-order valence-electron chi connectivity index (χ2n) is 6.21. The number of anilines is 1. The van der Waals surface area contributed by atoms with Crippen molar-refractivity contribution in [3.63, 3.8) is 0 Å². The van der Waals surface area contributed by atoms with Crippen molar-refractivity contribution in [2.75, 3.05) is 5.32 Å². The first-order chi connectivity index (χ1) is 12.5. The Hall–Kier alpha value is -3.28. The van der Waals surface area contributed by atoms with Gasteiger partial charge in [0.05, 0.1) is 11.4 Å². The van der Waals surface area contributed by atoms with Crippen molar-refractivity contribution in [1.82, 2.24) is 9.78 Å². The number of nitrogens with one attached hydrogen (secondary N) is 1. The number of azo groups is 1. The Morgan fingerprint density at radius 3 is 2.50 bits per heavy atom. The molecule has 0 fully saturated rings. The minimum Gasteiger partial charge on any atom is -0.322 e. The summed E-state index contributed by atoms with van der Waals surface area (Å²) >= 11 is 0. The first kappa shape index (κ1) is 17.5. The number of aromatic nitrogens is 2. The highest BCUT2D eigenvalue weighted by molar-refractivity contribution is 5.96. The minimum atomic E-state index is -0.423. The van der Waals surface area contributed by atoms with Crippen molar-refractivity contribution in [2.24, 2.45) is 10.2 Å². The Balaban J connectivity index is 1.81. The molecule has 0 saturated heterocycles. The number of hydrogen-bond donors (Lipinski definition) is 1. The second kappa shape index (κ2) is 7.74. The molecule has 26 heavy (non-hydrogen) atoms. The molecule has 0 bridgehead atoms. The van der Waals surface area contributed by atoms with Crippen molar-refractivity contribution < 1.29 is 4.79 Å². The van der Waals surface area contributed by atoms with E-state index in [1.165, 1.54) is 5.56 Å². The van der Waals surface area contributed by atoms with Gasteiger partial charge in [0.15, 0.2) is 0 Å². The lowest BCUT2D eigenvalue weighted by Crippen LogP contribution is -2.24. The van der Waals surface area contributed by atoms with E-state index >= 15 is 0 Å². The summed E-state index contributed by atoms with van der Waals surface area (Å²) in [4.78, 5) is 12.5. The molecule has 0 aliphatic carbocycles. The molecular formula is C20H21N5O. The van der Waals surface area contributed by atoms with Gasteiger partial charge in [-0.2, -0.15) is 10.2 Å². The molecule has 1 N–H and O–H groups in total. The molecule has 0 aliphatic heterocycles. The molecule has 0 unspecified atom stereocenters. The lowest BCUT2D eigenvalue weighted by Gasteiger charge is -2.14. The predicted octanol–water partition coefficient (Wildman–Crippen LogP) is 5.12. The third-order valence-electron chi connectivity index (χ3n) is 4.02. The zero-order chi connectivity index (χ0) is 18.5. The van der Waals surface area contributed by atoms with Crippen LogP contribution in [0.2, 0.25) is 0 Å². The van der Waals surface area contributed by atoms with Crippen molar-refractivity contribution in [1.29, 1.82) is 0 Å². The fourth-order valence-corrected chi connectivity index (χ4v) is 2.42. The summed E-state index contributed by atoms with van der Waals surface area (Å²) in [6.07, 6.45) is 3.41. The number of rotatable bonds is 5. The van der Waals surface area contributed by atoms with Crippen LogP contribution in [0, 0.1) is 13.8 Å². The molecule has 0 radical (unpaired) electrons. The van der Waals surface area contributed by atoms with Gasteiger partial charge in [-0.15, -0.1) is 5.11 Å². The number of hydrogen-bond acceptors (Lipinski definition) is 4. The van der Waals surface area contributed by atoms with Crippen LogP contribution in [-0.4, -0.2) is 15.7 Å². The summed E-state index contributed by atoms with van der Waals surface area (Å²) in [5, 5.41) is 15.6. The number of nitrogens with zero attached hydrogens (tertiary/aromatic N) is 4. The van der Waals surface area contributed by atoms with Crippen LogP contribution in [0.25, 0.3) is 0 Å². The van der Waals surface area contributed by atoms with E-state index in [0.717, 1.165) is 11.3 Å². The molecule has 1 heterocycles. The normalized spacial score (nSPS) is 12.3. The van der Waals surface area contributed by atoms with Gasteiger partial charge >= 0.3 is 0 Å². The third kappa shape index (κ3) is 4.22. The van der Waals surface area contributed by atoms with Crippen LogP contribution < -0.4 is 5.32 Å².